The van der Waals surface area contributed by atoms with E-state index in [-0.39, 0.29) is 0 Å². The lowest BCUT2D eigenvalue weighted by Crippen LogP contribution is -1.95. The average molecular weight is 151 g/mol. The van der Waals surface area contributed by atoms with Crippen LogP contribution >= 0.6 is 0 Å². The van der Waals surface area contributed by atoms with Crippen molar-refractivity contribution in [1.82, 2.24) is 4.98 Å². The van der Waals surface area contributed by atoms with Crippen LogP contribution in [0.4, 0.5) is 0 Å². The Labute approximate surface area is 64.4 Å². The van der Waals surface area contributed by atoms with Crippen molar-refractivity contribution in [2.24, 2.45) is 0 Å². The first kappa shape index (κ1) is 7.60. The first-order chi connectivity index (χ1) is 5.20. The zero-order valence-corrected chi connectivity index (χ0v) is 6.16. The van der Waals surface area contributed by atoms with Gasteiger partial charge in [0, 0.05) is 17.5 Å². The number of rotatable bonds is 2. The molecule has 1 rings (SSSR count). The molecular formula is C8H9NO2. The Hall–Kier alpha value is -1.51. The van der Waals surface area contributed by atoms with Gasteiger partial charge >= 0.3 is 5.97 Å². The molecule has 0 aliphatic rings. The summed E-state index contributed by atoms with van der Waals surface area (Å²) in [7, 11) is 0. The Morgan fingerprint density at radius 1 is 1.73 bits per heavy atom. The van der Waals surface area contributed by atoms with Crippen molar-refractivity contribution in [3.05, 3.63) is 29.6 Å². The summed E-state index contributed by atoms with van der Waals surface area (Å²) in [5.41, 5.74) is 1.14. The number of carbonyl (C=O) groups is 1. The van der Waals surface area contributed by atoms with E-state index < -0.39 is 5.97 Å². The van der Waals surface area contributed by atoms with E-state index in [0.29, 0.717) is 5.57 Å². The Morgan fingerprint density at radius 2 is 2.45 bits per heavy atom. The fourth-order valence-electron chi connectivity index (χ4n) is 0.729. The monoisotopic (exact) mass is 151 g/mol. The van der Waals surface area contributed by atoms with Crippen LogP contribution < -0.4 is 0 Å². The van der Waals surface area contributed by atoms with E-state index in [1.807, 2.05) is 12.1 Å². The maximum atomic E-state index is 10.3. The topological polar surface area (TPSA) is 53.1 Å². The van der Waals surface area contributed by atoms with Gasteiger partial charge in [0.25, 0.3) is 0 Å². The van der Waals surface area contributed by atoms with E-state index in [1.165, 1.54) is 0 Å². The summed E-state index contributed by atoms with van der Waals surface area (Å²) < 4.78 is 0. The SMILES string of the molecule is CC(=Cc1ccc[nH]1)C(=O)O. The molecule has 1 aromatic heterocycles. The third kappa shape index (κ3) is 1.97. The van der Waals surface area contributed by atoms with Crippen LogP contribution in [0.25, 0.3) is 6.08 Å². The van der Waals surface area contributed by atoms with Crippen LogP contribution in [0.3, 0.4) is 0 Å². The van der Waals surface area contributed by atoms with E-state index in [9.17, 15) is 4.79 Å². The molecule has 0 spiro atoms. The zero-order valence-electron chi connectivity index (χ0n) is 6.16. The van der Waals surface area contributed by atoms with Crippen molar-refractivity contribution in [3.8, 4) is 0 Å². The number of aromatic nitrogens is 1. The van der Waals surface area contributed by atoms with Crippen LogP contribution in [0.15, 0.2) is 23.9 Å². The fourth-order valence-corrected chi connectivity index (χ4v) is 0.729. The summed E-state index contributed by atoms with van der Waals surface area (Å²) >= 11 is 0. The van der Waals surface area contributed by atoms with E-state index >= 15 is 0 Å². The van der Waals surface area contributed by atoms with Gasteiger partial charge in [-0.25, -0.2) is 4.79 Å². The first-order valence-corrected chi connectivity index (χ1v) is 3.25. The van der Waals surface area contributed by atoms with E-state index in [4.69, 9.17) is 5.11 Å². The summed E-state index contributed by atoms with van der Waals surface area (Å²) in [5.74, 6) is -0.889. The number of hydrogen-bond donors (Lipinski definition) is 2. The Morgan fingerprint density at radius 3 is 2.91 bits per heavy atom. The summed E-state index contributed by atoms with van der Waals surface area (Å²) in [4.78, 5) is 13.2. The molecule has 0 radical (unpaired) electrons. The fraction of sp³-hybridized carbons (Fsp3) is 0.125. The molecule has 0 bridgehead atoms. The van der Waals surface area contributed by atoms with Gasteiger partial charge in [0.15, 0.2) is 0 Å². The predicted octanol–water partition coefficient (Wildman–Crippen LogP) is 1.50. The highest BCUT2D eigenvalue weighted by Crippen LogP contribution is 2.02. The highest BCUT2D eigenvalue weighted by molar-refractivity contribution is 5.91. The maximum absolute atomic E-state index is 10.3. The largest absolute Gasteiger partial charge is 0.478 e. The van der Waals surface area contributed by atoms with Gasteiger partial charge in [0.2, 0.25) is 0 Å². The highest BCUT2D eigenvalue weighted by Gasteiger charge is 1.98. The molecule has 0 saturated carbocycles. The minimum Gasteiger partial charge on any atom is -0.478 e. The number of H-pyrrole nitrogens is 1. The van der Waals surface area contributed by atoms with Gasteiger partial charge in [-0.1, -0.05) is 0 Å². The average Bonchev–Trinajstić information content (AvgIpc) is 2.39. The Kier molecular flexibility index (Phi) is 2.11. The molecular weight excluding hydrogens is 142 g/mol. The maximum Gasteiger partial charge on any atom is 0.331 e. The lowest BCUT2D eigenvalue weighted by molar-refractivity contribution is -0.132. The Bertz CT molecular complexity index is 272. The molecule has 0 atom stereocenters. The highest BCUT2D eigenvalue weighted by atomic mass is 16.4. The second-order valence-electron chi connectivity index (χ2n) is 2.26. The summed E-state index contributed by atoms with van der Waals surface area (Å²) in [6.07, 6.45) is 3.34. The van der Waals surface area contributed by atoms with E-state index in [0.717, 1.165) is 5.69 Å². The lowest BCUT2D eigenvalue weighted by Gasteiger charge is -1.90. The molecule has 1 heterocycles. The molecule has 58 valence electrons. The number of carboxylic acid groups (broad SMARTS) is 1. The molecule has 2 N–H and O–H groups in total. The molecule has 11 heavy (non-hydrogen) atoms. The van der Waals surface area contributed by atoms with E-state index in [1.54, 1.807) is 19.2 Å². The van der Waals surface area contributed by atoms with Crippen LogP contribution in [0, 0.1) is 0 Å². The third-order valence-corrected chi connectivity index (χ3v) is 1.33. The quantitative estimate of drug-likeness (QED) is 0.629. The van der Waals surface area contributed by atoms with Gasteiger partial charge in [0.05, 0.1) is 0 Å². The van der Waals surface area contributed by atoms with E-state index in [2.05, 4.69) is 4.98 Å². The molecule has 3 nitrogen and oxygen atoms in total. The van der Waals surface area contributed by atoms with Gasteiger partial charge < -0.3 is 10.1 Å². The third-order valence-electron chi connectivity index (χ3n) is 1.33. The zero-order chi connectivity index (χ0) is 8.27. The van der Waals surface area contributed by atoms with Crippen LogP contribution in [-0.4, -0.2) is 16.1 Å². The molecule has 0 unspecified atom stereocenters. The summed E-state index contributed by atoms with van der Waals surface area (Å²) in [6.45, 7) is 1.56. The normalized spacial score (nSPS) is 11.5. The van der Waals surface area contributed by atoms with Crippen molar-refractivity contribution < 1.29 is 9.90 Å². The van der Waals surface area contributed by atoms with Crippen LogP contribution in [0.5, 0.6) is 0 Å². The predicted molar refractivity (Wildman–Crippen MR) is 42.1 cm³/mol. The second kappa shape index (κ2) is 3.05. The minimum absolute atomic E-state index is 0.326. The molecule has 0 fully saturated rings. The standard InChI is InChI=1S/C8H9NO2/c1-6(8(10)11)5-7-3-2-4-9-7/h2-5,9H,1H3,(H,10,11). The van der Waals surface area contributed by atoms with Crippen LogP contribution in [0.1, 0.15) is 12.6 Å². The summed E-state index contributed by atoms with van der Waals surface area (Å²) in [6, 6.07) is 3.63. The smallest absolute Gasteiger partial charge is 0.331 e. The molecule has 0 aliphatic carbocycles. The molecule has 0 saturated heterocycles. The number of aromatic amines is 1. The van der Waals surface area contributed by atoms with Crippen molar-refractivity contribution in [2.45, 2.75) is 6.92 Å². The van der Waals surface area contributed by atoms with Crippen molar-refractivity contribution >= 4 is 12.0 Å². The molecule has 0 amide bonds. The lowest BCUT2D eigenvalue weighted by atomic mass is 10.2. The van der Waals surface area contributed by atoms with Crippen molar-refractivity contribution in [3.63, 3.8) is 0 Å². The second-order valence-corrected chi connectivity index (χ2v) is 2.26. The Balaban J connectivity index is 2.82. The first-order valence-electron chi connectivity index (χ1n) is 3.25. The van der Waals surface area contributed by atoms with Crippen molar-refractivity contribution in [1.29, 1.82) is 0 Å². The minimum atomic E-state index is -0.889. The van der Waals surface area contributed by atoms with Crippen molar-refractivity contribution in [2.75, 3.05) is 0 Å². The van der Waals surface area contributed by atoms with Gasteiger partial charge in [0.1, 0.15) is 0 Å². The van der Waals surface area contributed by atoms with Gasteiger partial charge in [-0.3, -0.25) is 0 Å². The van der Waals surface area contributed by atoms with Gasteiger partial charge in [-0.15, -0.1) is 0 Å². The molecule has 3 heteroatoms. The number of carboxylic acids is 1. The van der Waals surface area contributed by atoms with Crippen LogP contribution in [0.2, 0.25) is 0 Å². The van der Waals surface area contributed by atoms with Gasteiger partial charge in [-0.2, -0.15) is 0 Å². The number of nitrogens with one attached hydrogen (secondary N) is 1. The molecule has 0 aromatic carbocycles. The number of hydrogen-bond acceptors (Lipinski definition) is 1. The summed E-state index contributed by atoms with van der Waals surface area (Å²) in [5, 5.41) is 8.50. The van der Waals surface area contributed by atoms with Gasteiger partial charge in [-0.05, 0) is 25.1 Å². The molecule has 0 aliphatic heterocycles. The molecule has 1 aromatic rings. The number of aliphatic carboxylic acids is 1. The van der Waals surface area contributed by atoms with Crippen LogP contribution in [-0.2, 0) is 4.79 Å².